The molecule has 0 saturated heterocycles. The number of rotatable bonds is 3. The van der Waals surface area contributed by atoms with E-state index in [2.05, 4.69) is 20.3 Å². The van der Waals surface area contributed by atoms with Gasteiger partial charge in [-0.3, -0.25) is 10.3 Å². The summed E-state index contributed by atoms with van der Waals surface area (Å²) in [4.78, 5) is 23.7. The van der Waals surface area contributed by atoms with Gasteiger partial charge in [-0.05, 0) is 50.1 Å². The first-order valence-electron chi connectivity index (χ1n) is 7.93. The smallest absolute Gasteiger partial charge is 0.412 e. The number of benzene rings is 1. The lowest BCUT2D eigenvalue weighted by Gasteiger charge is -2.32. The summed E-state index contributed by atoms with van der Waals surface area (Å²) in [7, 11) is 0. The third-order valence-corrected chi connectivity index (χ3v) is 4.30. The number of fused-ring (bicyclic) bond motifs is 2. The summed E-state index contributed by atoms with van der Waals surface area (Å²) >= 11 is 0. The zero-order chi connectivity index (χ0) is 16.7. The molecule has 6 heteroatoms. The van der Waals surface area contributed by atoms with Crippen LogP contribution in [0.15, 0.2) is 36.7 Å². The summed E-state index contributed by atoms with van der Waals surface area (Å²) in [5, 5.41) is 2.75. The number of anilines is 1. The molecule has 122 valence electrons. The SMILES string of the molecule is CC1(C)OC(=O)Nc2cc3nc(CCc4ccncc4)[nH]c3cc21. The van der Waals surface area contributed by atoms with Gasteiger partial charge in [0.15, 0.2) is 0 Å². The lowest BCUT2D eigenvalue weighted by atomic mass is 9.94. The van der Waals surface area contributed by atoms with E-state index in [0.717, 1.165) is 41.0 Å². The van der Waals surface area contributed by atoms with Crippen LogP contribution in [0.5, 0.6) is 0 Å². The van der Waals surface area contributed by atoms with Gasteiger partial charge in [-0.1, -0.05) is 0 Å². The Balaban J connectivity index is 1.65. The Bertz CT molecular complexity index is 915. The molecular weight excluding hydrogens is 304 g/mol. The largest absolute Gasteiger partial charge is 0.438 e. The van der Waals surface area contributed by atoms with E-state index >= 15 is 0 Å². The van der Waals surface area contributed by atoms with Crippen molar-refractivity contribution in [1.82, 2.24) is 15.0 Å². The molecule has 0 spiro atoms. The number of nitrogens with zero attached hydrogens (tertiary/aromatic N) is 2. The van der Waals surface area contributed by atoms with Crippen LogP contribution in [0.1, 0.15) is 30.8 Å². The number of imidazole rings is 1. The third-order valence-electron chi connectivity index (χ3n) is 4.30. The Morgan fingerprint density at radius 1 is 1.17 bits per heavy atom. The topological polar surface area (TPSA) is 79.9 Å². The molecule has 2 aromatic heterocycles. The van der Waals surface area contributed by atoms with Crippen LogP contribution in [0.25, 0.3) is 11.0 Å². The molecule has 0 fully saturated rings. The van der Waals surface area contributed by atoms with Crippen LogP contribution >= 0.6 is 0 Å². The van der Waals surface area contributed by atoms with Crippen LogP contribution in [0.4, 0.5) is 10.5 Å². The summed E-state index contributed by atoms with van der Waals surface area (Å²) in [5.74, 6) is 0.925. The van der Waals surface area contributed by atoms with Crippen molar-refractivity contribution in [3.05, 3.63) is 53.6 Å². The highest BCUT2D eigenvalue weighted by Gasteiger charge is 2.33. The number of ether oxygens (including phenoxy) is 1. The number of carbonyl (C=O) groups excluding carboxylic acids is 1. The van der Waals surface area contributed by atoms with Crippen molar-refractivity contribution in [2.75, 3.05) is 5.32 Å². The number of pyridine rings is 1. The third kappa shape index (κ3) is 2.60. The van der Waals surface area contributed by atoms with E-state index in [1.54, 1.807) is 12.4 Å². The molecule has 1 amide bonds. The minimum atomic E-state index is -0.659. The van der Waals surface area contributed by atoms with E-state index in [0.29, 0.717) is 0 Å². The summed E-state index contributed by atoms with van der Waals surface area (Å²) in [6.07, 6.45) is 4.88. The van der Waals surface area contributed by atoms with Crippen LogP contribution in [-0.2, 0) is 23.2 Å². The zero-order valence-electron chi connectivity index (χ0n) is 13.6. The average Bonchev–Trinajstić information content (AvgIpc) is 2.93. The van der Waals surface area contributed by atoms with Crippen molar-refractivity contribution in [1.29, 1.82) is 0 Å². The number of H-pyrrole nitrogens is 1. The number of hydrogen-bond donors (Lipinski definition) is 2. The molecule has 0 unspecified atom stereocenters. The Morgan fingerprint density at radius 3 is 2.75 bits per heavy atom. The van der Waals surface area contributed by atoms with E-state index in [-0.39, 0.29) is 0 Å². The molecule has 0 aliphatic carbocycles. The van der Waals surface area contributed by atoms with Gasteiger partial charge in [-0.2, -0.15) is 0 Å². The molecule has 4 rings (SSSR count). The van der Waals surface area contributed by atoms with Gasteiger partial charge in [0.05, 0.1) is 16.7 Å². The Labute approximate surface area is 139 Å². The molecule has 0 radical (unpaired) electrons. The van der Waals surface area contributed by atoms with Crippen molar-refractivity contribution in [3.8, 4) is 0 Å². The highest BCUT2D eigenvalue weighted by molar-refractivity contribution is 5.93. The van der Waals surface area contributed by atoms with Crippen molar-refractivity contribution >= 4 is 22.8 Å². The van der Waals surface area contributed by atoms with Crippen LogP contribution in [-0.4, -0.2) is 21.0 Å². The Morgan fingerprint density at radius 2 is 1.96 bits per heavy atom. The minimum Gasteiger partial charge on any atom is -0.438 e. The predicted molar refractivity (Wildman–Crippen MR) is 90.9 cm³/mol. The van der Waals surface area contributed by atoms with E-state index in [4.69, 9.17) is 4.74 Å². The van der Waals surface area contributed by atoms with Gasteiger partial charge in [0, 0.05) is 24.4 Å². The standard InChI is InChI=1S/C18H18N4O2/c1-18(2)12-9-14-15(10-13(12)22-17(23)24-18)21-16(20-14)4-3-11-5-7-19-8-6-11/h5-10H,3-4H2,1-2H3,(H,20,21)(H,22,23). The van der Waals surface area contributed by atoms with Crippen LogP contribution in [0.3, 0.4) is 0 Å². The average molecular weight is 322 g/mol. The molecule has 3 heterocycles. The maximum atomic E-state index is 11.7. The van der Waals surface area contributed by atoms with Crippen molar-refractivity contribution in [2.45, 2.75) is 32.3 Å². The number of cyclic esters (lactones) is 1. The van der Waals surface area contributed by atoms with Gasteiger partial charge in [-0.15, -0.1) is 0 Å². The van der Waals surface area contributed by atoms with Gasteiger partial charge in [0.1, 0.15) is 11.4 Å². The molecule has 24 heavy (non-hydrogen) atoms. The number of nitrogens with one attached hydrogen (secondary N) is 2. The zero-order valence-corrected chi connectivity index (χ0v) is 13.6. The summed E-state index contributed by atoms with van der Waals surface area (Å²) in [5.41, 5.74) is 4.07. The fourth-order valence-electron chi connectivity index (χ4n) is 3.06. The minimum absolute atomic E-state index is 0.430. The molecule has 2 N–H and O–H groups in total. The van der Waals surface area contributed by atoms with Crippen molar-refractivity contribution in [2.24, 2.45) is 0 Å². The molecule has 6 nitrogen and oxygen atoms in total. The summed E-state index contributed by atoms with van der Waals surface area (Å²) in [6, 6.07) is 7.93. The first kappa shape index (κ1) is 14.7. The van der Waals surface area contributed by atoms with E-state index in [1.165, 1.54) is 5.56 Å². The van der Waals surface area contributed by atoms with Gasteiger partial charge in [0.25, 0.3) is 0 Å². The van der Waals surface area contributed by atoms with Crippen LogP contribution in [0, 0.1) is 0 Å². The van der Waals surface area contributed by atoms with Crippen molar-refractivity contribution < 1.29 is 9.53 Å². The monoisotopic (exact) mass is 322 g/mol. The highest BCUT2D eigenvalue weighted by atomic mass is 16.6. The van der Waals surface area contributed by atoms with Gasteiger partial charge in [0.2, 0.25) is 0 Å². The number of aromatic nitrogens is 3. The molecule has 1 aliphatic heterocycles. The maximum absolute atomic E-state index is 11.7. The second-order valence-electron chi connectivity index (χ2n) is 6.48. The van der Waals surface area contributed by atoms with Gasteiger partial charge >= 0.3 is 6.09 Å². The molecule has 0 bridgehead atoms. The van der Waals surface area contributed by atoms with E-state index in [9.17, 15) is 4.79 Å². The quantitative estimate of drug-likeness (QED) is 0.773. The van der Waals surface area contributed by atoms with Crippen molar-refractivity contribution in [3.63, 3.8) is 0 Å². The number of aromatic amines is 1. The first-order chi connectivity index (χ1) is 11.5. The molecule has 0 atom stereocenters. The maximum Gasteiger partial charge on any atom is 0.412 e. The Hall–Kier alpha value is -2.89. The predicted octanol–water partition coefficient (Wildman–Crippen LogP) is 3.54. The lowest BCUT2D eigenvalue weighted by molar-refractivity contribution is 0.0421. The number of amides is 1. The normalized spacial score (nSPS) is 15.7. The molecular formula is C18H18N4O2. The molecule has 1 aliphatic rings. The number of aryl methyl sites for hydroxylation is 2. The van der Waals surface area contributed by atoms with E-state index < -0.39 is 11.7 Å². The second kappa shape index (κ2) is 5.33. The first-order valence-corrected chi connectivity index (χ1v) is 7.93. The number of carbonyl (C=O) groups is 1. The second-order valence-corrected chi connectivity index (χ2v) is 6.48. The lowest BCUT2D eigenvalue weighted by Crippen LogP contribution is -2.34. The molecule has 0 saturated carbocycles. The molecule has 1 aromatic carbocycles. The van der Waals surface area contributed by atoms with Gasteiger partial charge < -0.3 is 9.72 Å². The highest BCUT2D eigenvalue weighted by Crippen LogP contribution is 2.37. The van der Waals surface area contributed by atoms with Crippen LogP contribution in [0.2, 0.25) is 0 Å². The Kier molecular flexibility index (Phi) is 3.26. The fourth-order valence-corrected chi connectivity index (χ4v) is 3.06. The number of hydrogen-bond acceptors (Lipinski definition) is 4. The fraction of sp³-hybridized carbons (Fsp3) is 0.278. The summed E-state index contributed by atoms with van der Waals surface area (Å²) < 4.78 is 5.37. The van der Waals surface area contributed by atoms with E-state index in [1.807, 2.05) is 38.1 Å². The molecule has 3 aromatic rings. The van der Waals surface area contributed by atoms with Crippen LogP contribution < -0.4 is 5.32 Å². The van der Waals surface area contributed by atoms with Gasteiger partial charge in [-0.25, -0.2) is 9.78 Å². The summed E-state index contributed by atoms with van der Waals surface area (Å²) in [6.45, 7) is 3.77.